The van der Waals surface area contributed by atoms with Crippen molar-refractivity contribution in [3.63, 3.8) is 0 Å². The molecule has 1 unspecified atom stereocenters. The van der Waals surface area contributed by atoms with Crippen LogP contribution in [0.3, 0.4) is 0 Å². The molecule has 3 rings (SSSR count). The van der Waals surface area contributed by atoms with E-state index in [2.05, 4.69) is 34.1 Å². The van der Waals surface area contributed by atoms with Crippen LogP contribution in [-0.4, -0.2) is 77.5 Å². The highest BCUT2D eigenvalue weighted by Gasteiger charge is 2.31. The molecule has 2 saturated heterocycles. The van der Waals surface area contributed by atoms with Crippen LogP contribution in [0, 0.1) is 5.92 Å². The average Bonchev–Trinajstić information content (AvgIpc) is 3.08. The second-order valence-corrected chi connectivity index (χ2v) is 6.70. The number of hydrogen-bond donors (Lipinski definition) is 1. The highest BCUT2D eigenvalue weighted by molar-refractivity contribution is 5.85. The van der Waals surface area contributed by atoms with E-state index in [1.54, 1.807) is 4.90 Å². The van der Waals surface area contributed by atoms with Gasteiger partial charge in [0, 0.05) is 45.8 Å². The Morgan fingerprint density at radius 1 is 0.962 bits per heavy atom. The smallest absolute Gasteiger partial charge is 0.308 e. The summed E-state index contributed by atoms with van der Waals surface area (Å²) in [6, 6.07) is 10.4. The van der Waals surface area contributed by atoms with Crippen LogP contribution in [0.25, 0.3) is 0 Å². The van der Waals surface area contributed by atoms with Crippen LogP contribution >= 0.6 is 24.8 Å². The lowest BCUT2D eigenvalue weighted by Gasteiger charge is -2.35. The van der Waals surface area contributed by atoms with Gasteiger partial charge in [0.1, 0.15) is 0 Å². The first kappa shape index (κ1) is 22.7. The Morgan fingerprint density at radius 2 is 1.58 bits per heavy atom. The second-order valence-electron chi connectivity index (χ2n) is 6.70. The van der Waals surface area contributed by atoms with Gasteiger partial charge < -0.3 is 10.0 Å². The Balaban J connectivity index is 0.00000169. The van der Waals surface area contributed by atoms with Crippen LogP contribution in [0.4, 0.5) is 0 Å². The van der Waals surface area contributed by atoms with Gasteiger partial charge in [0.05, 0.1) is 12.5 Å². The topological polar surface area (TPSA) is 64.1 Å². The molecular formula is C18H27Cl2N3O3. The number of piperazine rings is 1. The lowest BCUT2D eigenvalue weighted by Crippen LogP contribution is -2.49. The first-order valence-corrected chi connectivity index (χ1v) is 8.61. The zero-order valence-corrected chi connectivity index (χ0v) is 16.4. The predicted molar refractivity (Wildman–Crippen MR) is 105 cm³/mol. The Hall–Kier alpha value is -1.34. The molecule has 26 heavy (non-hydrogen) atoms. The van der Waals surface area contributed by atoms with E-state index in [4.69, 9.17) is 5.11 Å². The van der Waals surface area contributed by atoms with E-state index in [1.807, 2.05) is 6.07 Å². The number of carboxylic acids is 1. The average molecular weight is 404 g/mol. The molecule has 6 nitrogen and oxygen atoms in total. The highest BCUT2D eigenvalue weighted by atomic mass is 35.5. The fraction of sp³-hybridized carbons (Fsp3) is 0.556. The Labute approximate surface area is 167 Å². The molecule has 1 aromatic carbocycles. The van der Waals surface area contributed by atoms with Crippen molar-refractivity contribution < 1.29 is 14.7 Å². The lowest BCUT2D eigenvalue weighted by atomic mass is 10.1. The van der Waals surface area contributed by atoms with E-state index >= 15 is 0 Å². The zero-order valence-electron chi connectivity index (χ0n) is 14.7. The third-order valence-electron chi connectivity index (χ3n) is 4.96. The minimum atomic E-state index is -0.792. The summed E-state index contributed by atoms with van der Waals surface area (Å²) in [6.45, 7) is 5.98. The number of carboxylic acid groups (broad SMARTS) is 1. The Bertz CT molecular complexity index is 580. The fourth-order valence-electron chi connectivity index (χ4n) is 3.43. The van der Waals surface area contributed by atoms with Crippen molar-refractivity contribution in [3.05, 3.63) is 35.9 Å². The van der Waals surface area contributed by atoms with Gasteiger partial charge in [0.15, 0.2) is 0 Å². The molecular weight excluding hydrogens is 377 g/mol. The molecule has 146 valence electrons. The molecule has 0 spiro atoms. The number of nitrogens with zero attached hydrogens (tertiary/aromatic N) is 3. The van der Waals surface area contributed by atoms with Gasteiger partial charge in [-0.15, -0.1) is 24.8 Å². The largest absolute Gasteiger partial charge is 0.481 e. The zero-order chi connectivity index (χ0) is 16.9. The molecule has 2 aliphatic heterocycles. The first-order chi connectivity index (χ1) is 11.6. The summed E-state index contributed by atoms with van der Waals surface area (Å²) < 4.78 is 0. The van der Waals surface area contributed by atoms with E-state index in [9.17, 15) is 9.59 Å². The molecule has 0 radical (unpaired) electrons. The molecule has 1 atom stereocenters. The molecule has 0 saturated carbocycles. The lowest BCUT2D eigenvalue weighted by molar-refractivity contribution is -0.141. The molecule has 0 aliphatic carbocycles. The number of rotatable bonds is 5. The molecule has 0 bridgehead atoms. The monoisotopic (exact) mass is 403 g/mol. The van der Waals surface area contributed by atoms with E-state index in [0.29, 0.717) is 26.1 Å². The number of benzene rings is 1. The maximum Gasteiger partial charge on any atom is 0.308 e. The van der Waals surface area contributed by atoms with Gasteiger partial charge in [-0.25, -0.2) is 0 Å². The van der Waals surface area contributed by atoms with Crippen molar-refractivity contribution in [2.24, 2.45) is 5.92 Å². The van der Waals surface area contributed by atoms with E-state index < -0.39 is 11.9 Å². The summed E-state index contributed by atoms with van der Waals surface area (Å²) >= 11 is 0. The molecule has 1 N–H and O–H groups in total. The van der Waals surface area contributed by atoms with Gasteiger partial charge in [-0.2, -0.15) is 0 Å². The van der Waals surface area contributed by atoms with Crippen molar-refractivity contribution in [1.82, 2.24) is 14.7 Å². The maximum atomic E-state index is 12.3. The summed E-state index contributed by atoms with van der Waals surface area (Å²) in [7, 11) is 0. The molecule has 2 aliphatic rings. The number of carbonyl (C=O) groups excluding carboxylic acids is 1. The minimum absolute atomic E-state index is 0. The summed E-state index contributed by atoms with van der Waals surface area (Å²) in [4.78, 5) is 29.6. The summed E-state index contributed by atoms with van der Waals surface area (Å²) in [5.74, 6) is -1.12. The summed E-state index contributed by atoms with van der Waals surface area (Å²) in [5.41, 5.74) is 1.32. The number of hydrogen-bond acceptors (Lipinski definition) is 4. The molecule has 2 heterocycles. The van der Waals surface area contributed by atoms with Crippen LogP contribution in [-0.2, 0) is 16.1 Å². The molecule has 1 aromatic rings. The minimum Gasteiger partial charge on any atom is -0.481 e. The summed E-state index contributed by atoms with van der Waals surface area (Å²) in [5, 5.41) is 9.03. The van der Waals surface area contributed by atoms with Gasteiger partial charge in [-0.1, -0.05) is 30.3 Å². The number of carbonyl (C=O) groups is 2. The van der Waals surface area contributed by atoms with E-state index in [-0.39, 0.29) is 30.7 Å². The van der Waals surface area contributed by atoms with Crippen LogP contribution in [0.5, 0.6) is 0 Å². The standard InChI is InChI=1S/C18H25N3O3.2ClH/c22-17(21-7-6-16(13-21)18(23)24)14-20-10-8-19(9-11-20)12-15-4-2-1-3-5-15;;/h1-5,16H,6-14H2,(H,23,24);2*1H. The third-order valence-corrected chi connectivity index (χ3v) is 4.96. The van der Waals surface area contributed by atoms with Crippen LogP contribution < -0.4 is 0 Å². The van der Waals surface area contributed by atoms with Crippen molar-refractivity contribution in [3.8, 4) is 0 Å². The van der Waals surface area contributed by atoms with Crippen LogP contribution in [0.2, 0.25) is 0 Å². The van der Waals surface area contributed by atoms with Crippen molar-refractivity contribution in [2.75, 3.05) is 45.8 Å². The molecule has 2 fully saturated rings. The highest BCUT2D eigenvalue weighted by Crippen LogP contribution is 2.17. The number of amides is 1. The molecule has 1 amide bonds. The number of likely N-dealkylation sites (tertiary alicyclic amines) is 1. The fourth-order valence-corrected chi connectivity index (χ4v) is 3.43. The van der Waals surface area contributed by atoms with Crippen molar-refractivity contribution in [2.45, 2.75) is 13.0 Å². The summed E-state index contributed by atoms with van der Waals surface area (Å²) in [6.07, 6.45) is 0.575. The quantitative estimate of drug-likeness (QED) is 0.808. The molecule has 0 aromatic heterocycles. The Kier molecular flexibility index (Phi) is 9.36. The third kappa shape index (κ3) is 6.13. The first-order valence-electron chi connectivity index (χ1n) is 8.61. The van der Waals surface area contributed by atoms with Gasteiger partial charge in [-0.05, 0) is 12.0 Å². The van der Waals surface area contributed by atoms with Crippen molar-refractivity contribution in [1.29, 1.82) is 0 Å². The molecule has 8 heteroatoms. The van der Waals surface area contributed by atoms with E-state index in [1.165, 1.54) is 5.56 Å². The second kappa shape index (κ2) is 10.7. The SMILES string of the molecule is Cl.Cl.O=C(O)C1CCN(C(=O)CN2CCN(Cc3ccccc3)CC2)C1. The van der Waals surface area contributed by atoms with Gasteiger partial charge in [0.25, 0.3) is 0 Å². The predicted octanol–water partition coefficient (Wildman–Crippen LogP) is 1.58. The number of halogens is 2. The van der Waals surface area contributed by atoms with Crippen LogP contribution in [0.1, 0.15) is 12.0 Å². The normalized spacial score (nSPS) is 20.9. The van der Waals surface area contributed by atoms with Gasteiger partial charge in [-0.3, -0.25) is 19.4 Å². The van der Waals surface area contributed by atoms with Gasteiger partial charge >= 0.3 is 5.97 Å². The Morgan fingerprint density at radius 3 is 2.15 bits per heavy atom. The van der Waals surface area contributed by atoms with Gasteiger partial charge in [0.2, 0.25) is 5.91 Å². The maximum absolute atomic E-state index is 12.3. The van der Waals surface area contributed by atoms with Crippen molar-refractivity contribution >= 4 is 36.7 Å². The number of aliphatic carboxylic acids is 1. The van der Waals surface area contributed by atoms with Crippen LogP contribution in [0.15, 0.2) is 30.3 Å². The van der Waals surface area contributed by atoms with E-state index in [0.717, 1.165) is 32.7 Å².